The lowest BCUT2D eigenvalue weighted by Crippen LogP contribution is -2.31. The molecule has 0 fully saturated rings. The number of H-pyrrole nitrogens is 1. The number of para-hydroxylation sites is 2. The van der Waals surface area contributed by atoms with Gasteiger partial charge in [0.05, 0.1) is 30.2 Å². The molecule has 0 bridgehead atoms. The van der Waals surface area contributed by atoms with Crippen LogP contribution in [0.4, 0.5) is 11.4 Å². The van der Waals surface area contributed by atoms with Gasteiger partial charge < -0.3 is 19.9 Å². The molecule has 0 aliphatic carbocycles. The van der Waals surface area contributed by atoms with Crippen molar-refractivity contribution < 1.29 is 14.3 Å². The number of hydrogen-bond donors (Lipinski definition) is 2. The first-order chi connectivity index (χ1) is 16.2. The first-order valence-corrected chi connectivity index (χ1v) is 11.0. The second-order valence-electron chi connectivity index (χ2n) is 8.02. The molecule has 34 heavy (non-hydrogen) atoms. The Morgan fingerprint density at radius 1 is 1.06 bits per heavy atom. The number of fused-ring (bicyclic) bond motifs is 2. The maximum Gasteiger partial charge on any atom is 0.259 e. The highest BCUT2D eigenvalue weighted by Crippen LogP contribution is 2.29. The monoisotopic (exact) mass is 476 g/mol. The van der Waals surface area contributed by atoms with Crippen LogP contribution in [0.5, 0.6) is 5.75 Å². The van der Waals surface area contributed by atoms with Crippen molar-refractivity contribution in [3.05, 3.63) is 83.7 Å². The molecule has 2 amide bonds. The molecule has 1 aromatic heterocycles. The summed E-state index contributed by atoms with van der Waals surface area (Å²) in [6.45, 7) is 0.661. The third-order valence-corrected chi connectivity index (χ3v) is 6.00. The molecule has 7 nitrogen and oxygen atoms in total. The van der Waals surface area contributed by atoms with Crippen molar-refractivity contribution in [3.63, 3.8) is 0 Å². The average molecular weight is 477 g/mol. The SMILES string of the molecule is COc1cc(C(=O)N2CCCCc3ccccc32)ccc1C(=O)Nc1cccc2[nH]cnc12.Cl. The second kappa shape index (κ2) is 9.97. The summed E-state index contributed by atoms with van der Waals surface area (Å²) < 4.78 is 5.50. The summed E-state index contributed by atoms with van der Waals surface area (Å²) in [7, 11) is 1.50. The zero-order valence-electron chi connectivity index (χ0n) is 18.7. The maximum absolute atomic E-state index is 13.4. The number of imidazole rings is 1. The van der Waals surface area contributed by atoms with E-state index in [1.807, 2.05) is 35.2 Å². The number of nitrogens with zero attached hydrogens (tertiary/aromatic N) is 2. The fourth-order valence-corrected chi connectivity index (χ4v) is 4.33. The van der Waals surface area contributed by atoms with Crippen LogP contribution in [0.25, 0.3) is 11.0 Å². The summed E-state index contributed by atoms with van der Waals surface area (Å²) in [6, 6.07) is 18.5. The Hall–Kier alpha value is -3.84. The molecule has 0 saturated heterocycles. The van der Waals surface area contributed by atoms with Gasteiger partial charge in [0.1, 0.15) is 11.3 Å². The number of aromatic amines is 1. The second-order valence-corrected chi connectivity index (χ2v) is 8.02. The third-order valence-electron chi connectivity index (χ3n) is 6.00. The Balaban J connectivity index is 0.00000274. The summed E-state index contributed by atoms with van der Waals surface area (Å²) in [4.78, 5) is 35.6. The van der Waals surface area contributed by atoms with E-state index in [1.54, 1.807) is 30.6 Å². The molecule has 0 saturated carbocycles. The molecule has 1 aliphatic rings. The number of halogens is 1. The van der Waals surface area contributed by atoms with Gasteiger partial charge in [-0.05, 0) is 61.2 Å². The molecule has 0 spiro atoms. The highest BCUT2D eigenvalue weighted by molar-refractivity contribution is 6.11. The number of benzene rings is 3. The predicted molar refractivity (Wildman–Crippen MR) is 135 cm³/mol. The lowest BCUT2D eigenvalue weighted by molar-refractivity contribution is 0.0982. The number of amides is 2. The van der Waals surface area contributed by atoms with Gasteiger partial charge in [0, 0.05) is 17.8 Å². The van der Waals surface area contributed by atoms with Gasteiger partial charge in [0.25, 0.3) is 11.8 Å². The van der Waals surface area contributed by atoms with Crippen LogP contribution in [-0.2, 0) is 6.42 Å². The zero-order valence-corrected chi connectivity index (χ0v) is 19.5. The van der Waals surface area contributed by atoms with Gasteiger partial charge in [-0.2, -0.15) is 0 Å². The predicted octanol–water partition coefficient (Wildman–Crippen LogP) is 5.23. The van der Waals surface area contributed by atoms with Crippen molar-refractivity contribution in [3.8, 4) is 5.75 Å². The molecular weight excluding hydrogens is 452 g/mol. The number of hydrogen-bond acceptors (Lipinski definition) is 4. The molecule has 4 aromatic rings. The minimum atomic E-state index is -0.332. The van der Waals surface area contributed by atoms with Crippen LogP contribution in [0, 0.1) is 0 Å². The minimum absolute atomic E-state index is 0. The van der Waals surface area contributed by atoms with Crippen molar-refractivity contribution in [2.45, 2.75) is 19.3 Å². The number of carbonyl (C=O) groups excluding carboxylic acids is 2. The maximum atomic E-state index is 13.4. The standard InChI is InChI=1S/C26H24N4O3.ClH/c1-33-23-15-18(26(32)30-14-5-4-8-17-7-2-3-11-22(17)30)12-13-19(23)25(31)29-21-10-6-9-20-24(21)28-16-27-20;/h2-3,6-7,9-13,15-16H,4-5,8,14H2,1H3,(H,27,28)(H,29,31);1H. The molecule has 0 radical (unpaired) electrons. The van der Waals surface area contributed by atoms with Crippen LogP contribution in [0.1, 0.15) is 39.1 Å². The highest BCUT2D eigenvalue weighted by atomic mass is 35.5. The zero-order chi connectivity index (χ0) is 22.8. The van der Waals surface area contributed by atoms with Crippen molar-refractivity contribution >= 4 is 46.6 Å². The van der Waals surface area contributed by atoms with Crippen molar-refractivity contribution in [2.75, 3.05) is 23.9 Å². The number of methoxy groups -OCH3 is 1. The van der Waals surface area contributed by atoms with E-state index in [-0.39, 0.29) is 24.2 Å². The van der Waals surface area contributed by atoms with Crippen LogP contribution in [0.3, 0.4) is 0 Å². The van der Waals surface area contributed by atoms with Crippen LogP contribution in [-0.4, -0.2) is 35.4 Å². The number of aryl methyl sites for hydroxylation is 1. The Kier molecular flexibility index (Phi) is 6.84. The molecule has 0 unspecified atom stereocenters. The van der Waals surface area contributed by atoms with Gasteiger partial charge in [0.15, 0.2) is 0 Å². The smallest absolute Gasteiger partial charge is 0.259 e. The molecule has 3 aromatic carbocycles. The van der Waals surface area contributed by atoms with Crippen molar-refractivity contribution in [1.82, 2.24) is 9.97 Å². The van der Waals surface area contributed by atoms with E-state index in [2.05, 4.69) is 21.4 Å². The molecule has 5 rings (SSSR count). The van der Waals surface area contributed by atoms with Gasteiger partial charge in [0.2, 0.25) is 0 Å². The molecule has 1 aliphatic heterocycles. The Morgan fingerprint density at radius 3 is 2.76 bits per heavy atom. The first kappa shape index (κ1) is 23.3. The summed E-state index contributed by atoms with van der Waals surface area (Å²) in [6.07, 6.45) is 4.54. The van der Waals surface area contributed by atoms with Crippen molar-refractivity contribution in [1.29, 1.82) is 0 Å². The quantitative estimate of drug-likeness (QED) is 0.422. The largest absolute Gasteiger partial charge is 0.496 e. The molecule has 2 N–H and O–H groups in total. The fourth-order valence-electron chi connectivity index (χ4n) is 4.33. The number of aromatic nitrogens is 2. The van der Waals surface area contributed by atoms with Crippen LogP contribution in [0.2, 0.25) is 0 Å². The van der Waals surface area contributed by atoms with Gasteiger partial charge >= 0.3 is 0 Å². The molecular formula is C26H25ClN4O3. The number of nitrogens with one attached hydrogen (secondary N) is 2. The third kappa shape index (κ3) is 4.34. The highest BCUT2D eigenvalue weighted by Gasteiger charge is 2.24. The van der Waals surface area contributed by atoms with E-state index < -0.39 is 0 Å². The van der Waals surface area contributed by atoms with Crippen LogP contribution >= 0.6 is 12.4 Å². The average Bonchev–Trinajstić information content (AvgIpc) is 3.23. The molecule has 0 atom stereocenters. The number of anilines is 2. The van der Waals surface area contributed by atoms with Crippen LogP contribution < -0.4 is 15.0 Å². The van der Waals surface area contributed by atoms with E-state index in [1.165, 1.54) is 12.7 Å². The lowest BCUT2D eigenvalue weighted by atomic mass is 10.1. The van der Waals surface area contributed by atoms with E-state index in [4.69, 9.17) is 4.74 Å². The number of rotatable bonds is 4. The molecule has 174 valence electrons. The van der Waals surface area contributed by atoms with Gasteiger partial charge in [-0.25, -0.2) is 4.98 Å². The molecule has 2 heterocycles. The fraction of sp³-hybridized carbons (Fsp3) is 0.192. The molecule has 8 heteroatoms. The van der Waals surface area contributed by atoms with Gasteiger partial charge in [-0.15, -0.1) is 12.4 Å². The van der Waals surface area contributed by atoms with E-state index in [0.717, 1.165) is 30.5 Å². The lowest BCUT2D eigenvalue weighted by Gasteiger charge is -2.23. The van der Waals surface area contributed by atoms with Crippen molar-refractivity contribution in [2.24, 2.45) is 0 Å². The van der Waals surface area contributed by atoms with Gasteiger partial charge in [-0.3, -0.25) is 9.59 Å². The topological polar surface area (TPSA) is 87.3 Å². The Bertz CT molecular complexity index is 1350. The van der Waals surface area contributed by atoms with E-state index in [0.29, 0.717) is 34.6 Å². The Morgan fingerprint density at radius 2 is 1.91 bits per heavy atom. The summed E-state index contributed by atoms with van der Waals surface area (Å²) in [5, 5.41) is 2.90. The summed E-state index contributed by atoms with van der Waals surface area (Å²) >= 11 is 0. The van der Waals surface area contributed by atoms with E-state index >= 15 is 0 Å². The minimum Gasteiger partial charge on any atom is -0.496 e. The van der Waals surface area contributed by atoms with Gasteiger partial charge in [-0.1, -0.05) is 24.3 Å². The number of ether oxygens (including phenoxy) is 1. The van der Waals surface area contributed by atoms with Crippen LogP contribution in [0.15, 0.2) is 67.0 Å². The van der Waals surface area contributed by atoms with E-state index in [9.17, 15) is 9.59 Å². The Labute approximate surface area is 203 Å². The normalized spacial score (nSPS) is 12.9. The summed E-state index contributed by atoms with van der Waals surface area (Å²) in [5.41, 5.74) is 5.07. The summed E-state index contributed by atoms with van der Waals surface area (Å²) in [5.74, 6) is -0.0898. The first-order valence-electron chi connectivity index (χ1n) is 11.0. The number of carbonyl (C=O) groups is 2.